The zero-order valence-corrected chi connectivity index (χ0v) is 17.1. The predicted octanol–water partition coefficient (Wildman–Crippen LogP) is 3.81. The van der Waals surface area contributed by atoms with E-state index < -0.39 is 0 Å². The lowest BCUT2D eigenvalue weighted by atomic mass is 10.2. The van der Waals surface area contributed by atoms with E-state index in [1.807, 2.05) is 24.6 Å². The summed E-state index contributed by atoms with van der Waals surface area (Å²) in [5.74, 6) is 1.33. The first-order chi connectivity index (χ1) is 12.2. The molecular formula is C20H40N2O2S. The fraction of sp³-hybridized carbons (Fsp3) is 0.800. The summed E-state index contributed by atoms with van der Waals surface area (Å²) in [7, 11) is 0. The highest BCUT2D eigenvalue weighted by atomic mass is 32.2. The Morgan fingerprint density at radius 3 is 1.60 bits per heavy atom. The smallest absolute Gasteiger partial charge is 0.0665 e. The molecule has 0 aliphatic heterocycles. The molecule has 0 aliphatic carbocycles. The van der Waals surface area contributed by atoms with Crippen molar-refractivity contribution in [3.05, 3.63) is 24.6 Å². The third-order valence-corrected chi connectivity index (χ3v) is 5.00. The Labute approximate surface area is 159 Å². The molecule has 25 heavy (non-hydrogen) atoms. The summed E-state index contributed by atoms with van der Waals surface area (Å²) in [6, 6.07) is 0. The largest absolute Gasteiger partial charge is 0.392 e. The number of unbranched alkanes of at least 4 members (excludes halogenated alkanes) is 4. The monoisotopic (exact) mass is 372 g/mol. The van der Waals surface area contributed by atoms with Gasteiger partial charge in [0.1, 0.15) is 0 Å². The molecule has 148 valence electrons. The number of rotatable bonds is 18. The zero-order valence-electron chi connectivity index (χ0n) is 16.3. The highest BCUT2D eigenvalue weighted by Crippen LogP contribution is 2.10. The second-order valence-electron chi connectivity index (χ2n) is 6.44. The summed E-state index contributed by atoms with van der Waals surface area (Å²) in [5.41, 5.74) is 0. The van der Waals surface area contributed by atoms with Crippen molar-refractivity contribution in [2.24, 2.45) is 0 Å². The van der Waals surface area contributed by atoms with E-state index in [-0.39, 0.29) is 12.2 Å². The third-order valence-electron chi connectivity index (χ3n) is 3.76. The summed E-state index contributed by atoms with van der Waals surface area (Å²) in [5, 5.41) is 26.3. The number of thioether (sulfide) groups is 1. The van der Waals surface area contributed by atoms with E-state index in [0.29, 0.717) is 24.3 Å². The molecule has 0 aromatic rings. The Hall–Kier alpha value is -0.650. The van der Waals surface area contributed by atoms with Crippen molar-refractivity contribution in [3.63, 3.8) is 0 Å². The molecule has 0 amide bonds. The molecule has 2 unspecified atom stereocenters. The number of aliphatic hydroxyl groups is 2. The maximum absolute atomic E-state index is 9.91. The van der Waals surface area contributed by atoms with Gasteiger partial charge < -0.3 is 20.8 Å². The summed E-state index contributed by atoms with van der Waals surface area (Å²) in [4.78, 5) is 0. The topological polar surface area (TPSA) is 64.5 Å². The fourth-order valence-corrected chi connectivity index (χ4v) is 3.17. The predicted molar refractivity (Wildman–Crippen MR) is 112 cm³/mol. The molecule has 0 aliphatic rings. The van der Waals surface area contributed by atoms with E-state index in [1.54, 1.807) is 11.8 Å². The lowest BCUT2D eigenvalue weighted by Crippen LogP contribution is -2.14. The van der Waals surface area contributed by atoms with Gasteiger partial charge in [-0.3, -0.25) is 0 Å². The number of nitrogens with one attached hydrogen (secondary N) is 2. The Kier molecular flexibility index (Phi) is 19.2. The van der Waals surface area contributed by atoms with Gasteiger partial charge in [-0.25, -0.2) is 0 Å². The van der Waals surface area contributed by atoms with Crippen LogP contribution in [0.5, 0.6) is 0 Å². The van der Waals surface area contributed by atoms with Crippen LogP contribution in [0.1, 0.15) is 65.2 Å². The Morgan fingerprint density at radius 1 is 0.760 bits per heavy atom. The number of hydrogen-bond acceptors (Lipinski definition) is 5. The maximum atomic E-state index is 9.91. The van der Waals surface area contributed by atoms with E-state index in [0.717, 1.165) is 13.1 Å². The molecule has 0 rings (SSSR count). The third kappa shape index (κ3) is 19.5. The van der Waals surface area contributed by atoms with Crippen LogP contribution in [0.3, 0.4) is 0 Å². The molecule has 0 saturated carbocycles. The summed E-state index contributed by atoms with van der Waals surface area (Å²) in [6.45, 7) is 6.40. The SMILES string of the molecule is CCCCCNC=CCC(O)CSCC(O)CC=CNCCCCC. The summed E-state index contributed by atoms with van der Waals surface area (Å²) in [6.07, 6.45) is 15.9. The van der Waals surface area contributed by atoms with Gasteiger partial charge in [0.25, 0.3) is 0 Å². The number of hydrogen-bond donors (Lipinski definition) is 4. The van der Waals surface area contributed by atoms with Gasteiger partial charge in [0, 0.05) is 24.6 Å². The molecule has 0 aromatic carbocycles. The fourth-order valence-electron chi connectivity index (χ4n) is 2.21. The van der Waals surface area contributed by atoms with Gasteiger partial charge in [-0.05, 0) is 38.1 Å². The van der Waals surface area contributed by atoms with Crippen LogP contribution in [0.2, 0.25) is 0 Å². The van der Waals surface area contributed by atoms with Crippen LogP contribution in [0.4, 0.5) is 0 Å². The highest BCUT2D eigenvalue weighted by Gasteiger charge is 2.05. The molecule has 0 spiro atoms. The van der Waals surface area contributed by atoms with Crippen LogP contribution in [0.15, 0.2) is 24.6 Å². The Bertz CT molecular complexity index is 295. The van der Waals surface area contributed by atoms with Crippen LogP contribution in [0, 0.1) is 0 Å². The Morgan fingerprint density at radius 2 is 1.20 bits per heavy atom. The van der Waals surface area contributed by atoms with Crippen LogP contribution in [0.25, 0.3) is 0 Å². The van der Waals surface area contributed by atoms with E-state index in [4.69, 9.17) is 0 Å². The first-order valence-electron chi connectivity index (χ1n) is 9.91. The normalized spacial score (nSPS) is 14.2. The van der Waals surface area contributed by atoms with E-state index >= 15 is 0 Å². The van der Waals surface area contributed by atoms with Gasteiger partial charge in [0.15, 0.2) is 0 Å². The summed E-state index contributed by atoms with van der Waals surface area (Å²) < 4.78 is 0. The van der Waals surface area contributed by atoms with Gasteiger partial charge in [-0.2, -0.15) is 11.8 Å². The molecule has 0 radical (unpaired) electrons. The zero-order chi connectivity index (χ0) is 18.6. The van der Waals surface area contributed by atoms with Gasteiger partial charge in [-0.1, -0.05) is 51.7 Å². The van der Waals surface area contributed by atoms with Crippen molar-refractivity contribution >= 4 is 11.8 Å². The molecule has 4 N–H and O–H groups in total. The lowest BCUT2D eigenvalue weighted by molar-refractivity contribution is 0.198. The van der Waals surface area contributed by atoms with Crippen molar-refractivity contribution in [1.82, 2.24) is 10.6 Å². The van der Waals surface area contributed by atoms with Crippen LogP contribution >= 0.6 is 11.8 Å². The molecule has 0 bridgehead atoms. The van der Waals surface area contributed by atoms with Gasteiger partial charge in [0.2, 0.25) is 0 Å². The average molecular weight is 373 g/mol. The molecule has 0 heterocycles. The molecule has 0 saturated heterocycles. The molecule has 0 fully saturated rings. The lowest BCUT2D eigenvalue weighted by Gasteiger charge is -2.11. The first-order valence-corrected chi connectivity index (χ1v) is 11.1. The van der Waals surface area contributed by atoms with Crippen LogP contribution < -0.4 is 10.6 Å². The Balaban J connectivity index is 3.48. The minimum Gasteiger partial charge on any atom is -0.392 e. The second kappa shape index (κ2) is 19.7. The minimum atomic E-state index is -0.346. The molecule has 2 atom stereocenters. The van der Waals surface area contributed by atoms with E-state index in [2.05, 4.69) is 24.5 Å². The number of aliphatic hydroxyl groups excluding tert-OH is 2. The minimum absolute atomic E-state index is 0.346. The van der Waals surface area contributed by atoms with Gasteiger partial charge >= 0.3 is 0 Å². The second-order valence-corrected chi connectivity index (χ2v) is 7.52. The molecular weight excluding hydrogens is 332 g/mol. The van der Waals surface area contributed by atoms with Gasteiger partial charge in [-0.15, -0.1) is 0 Å². The molecule has 4 nitrogen and oxygen atoms in total. The quantitative estimate of drug-likeness (QED) is 0.276. The van der Waals surface area contributed by atoms with E-state index in [1.165, 1.54) is 38.5 Å². The first kappa shape index (κ1) is 24.4. The maximum Gasteiger partial charge on any atom is 0.0665 e. The van der Waals surface area contributed by atoms with Crippen molar-refractivity contribution in [3.8, 4) is 0 Å². The van der Waals surface area contributed by atoms with E-state index in [9.17, 15) is 10.2 Å². The van der Waals surface area contributed by atoms with Crippen molar-refractivity contribution < 1.29 is 10.2 Å². The van der Waals surface area contributed by atoms with Crippen molar-refractivity contribution in [2.45, 2.75) is 77.4 Å². The van der Waals surface area contributed by atoms with Gasteiger partial charge in [0.05, 0.1) is 12.2 Å². The average Bonchev–Trinajstić information content (AvgIpc) is 2.60. The van der Waals surface area contributed by atoms with Crippen LogP contribution in [-0.4, -0.2) is 47.0 Å². The van der Waals surface area contributed by atoms with Crippen LogP contribution in [-0.2, 0) is 0 Å². The molecule has 0 aromatic heterocycles. The van der Waals surface area contributed by atoms with Crippen molar-refractivity contribution in [1.29, 1.82) is 0 Å². The standard InChI is InChI=1S/C20H40N2O2S/c1-3-5-7-13-21-15-9-11-19(23)17-25-18-20(24)12-10-16-22-14-8-6-4-2/h9-10,15-16,19-24H,3-8,11-14,17-18H2,1-2H3. The molecule has 5 heteroatoms. The van der Waals surface area contributed by atoms with Crippen molar-refractivity contribution in [2.75, 3.05) is 24.6 Å². The summed E-state index contributed by atoms with van der Waals surface area (Å²) >= 11 is 1.61. The highest BCUT2D eigenvalue weighted by molar-refractivity contribution is 7.99.